The van der Waals surface area contributed by atoms with Crippen molar-refractivity contribution in [2.75, 3.05) is 13.2 Å². The van der Waals surface area contributed by atoms with Crippen LogP contribution in [0.1, 0.15) is 47.0 Å². The van der Waals surface area contributed by atoms with Gasteiger partial charge in [-0.1, -0.05) is 13.8 Å². The first-order valence-electron chi connectivity index (χ1n) is 12.1. The summed E-state index contributed by atoms with van der Waals surface area (Å²) in [6.45, 7) is 7.66. The van der Waals surface area contributed by atoms with Gasteiger partial charge in [0.05, 0.1) is 5.92 Å². The van der Waals surface area contributed by atoms with E-state index in [9.17, 15) is 24.9 Å². The van der Waals surface area contributed by atoms with Gasteiger partial charge in [0, 0.05) is 24.5 Å². The van der Waals surface area contributed by atoms with Gasteiger partial charge in [0.2, 0.25) is 0 Å². The second kappa shape index (κ2) is 7.72. The number of carbonyl (C=O) groups excluding carboxylic acids is 2. The molecule has 3 N–H and O–H groups in total. The molecule has 4 fully saturated rings. The first kappa shape index (κ1) is 24.1. The van der Waals surface area contributed by atoms with Gasteiger partial charge in [-0.05, 0) is 50.7 Å². The van der Waals surface area contributed by atoms with E-state index in [0.29, 0.717) is 12.8 Å². The minimum atomic E-state index is -2.08. The van der Waals surface area contributed by atoms with E-state index >= 15 is 0 Å². The third-order valence-electron chi connectivity index (χ3n) is 9.13. The molecule has 2 aliphatic carbocycles. The maximum Gasteiger partial charge on any atom is 0.343 e. The lowest BCUT2D eigenvalue weighted by atomic mass is 9.42. The number of hydrogen-bond donors (Lipinski definition) is 3. The number of esters is 2. The van der Waals surface area contributed by atoms with Crippen molar-refractivity contribution in [2.45, 2.75) is 89.1 Å². The first-order valence-corrected chi connectivity index (χ1v) is 12.1. The van der Waals surface area contributed by atoms with E-state index in [0.717, 1.165) is 0 Å². The molecule has 4 heterocycles. The molecule has 0 spiro atoms. The molecule has 0 unspecified atom stereocenters. The molecule has 6 rings (SSSR count). The van der Waals surface area contributed by atoms with Crippen LogP contribution in [0.3, 0.4) is 0 Å². The summed E-state index contributed by atoms with van der Waals surface area (Å²) in [6, 6.07) is 0. The molecule has 6 aliphatic rings. The van der Waals surface area contributed by atoms with Crippen LogP contribution in [-0.4, -0.2) is 82.6 Å². The highest BCUT2D eigenvalue weighted by atomic mass is 16.8. The zero-order valence-corrected chi connectivity index (χ0v) is 19.9. The molecule has 0 aromatic carbocycles. The van der Waals surface area contributed by atoms with E-state index in [4.69, 9.17) is 23.7 Å². The average molecular weight is 483 g/mol. The Kier molecular flexibility index (Phi) is 5.48. The Morgan fingerprint density at radius 1 is 1.12 bits per heavy atom. The third kappa shape index (κ3) is 2.84. The zero-order chi connectivity index (χ0) is 24.7. The number of carbonyl (C=O) groups is 2. The van der Waals surface area contributed by atoms with Crippen LogP contribution in [0.25, 0.3) is 0 Å². The van der Waals surface area contributed by atoms with Crippen molar-refractivity contribution in [1.29, 1.82) is 0 Å². The molecule has 190 valence electrons. The minimum Gasteiger partial charge on any atom is -0.459 e. The summed E-state index contributed by atoms with van der Waals surface area (Å²) in [5.74, 6) is -2.10. The van der Waals surface area contributed by atoms with Crippen LogP contribution in [0.2, 0.25) is 0 Å². The predicted octanol–water partition coefficient (Wildman–Crippen LogP) is 0.414. The maximum absolute atomic E-state index is 13.3. The highest BCUT2D eigenvalue weighted by Crippen LogP contribution is 2.67. The number of aliphatic hydroxyl groups is 3. The van der Waals surface area contributed by atoms with Gasteiger partial charge < -0.3 is 39.0 Å². The van der Waals surface area contributed by atoms with E-state index in [1.807, 2.05) is 13.8 Å². The number of rotatable bonds is 5. The van der Waals surface area contributed by atoms with E-state index in [1.165, 1.54) is 6.08 Å². The number of ether oxygens (including phenoxy) is 5. The van der Waals surface area contributed by atoms with Crippen LogP contribution in [-0.2, 0) is 33.3 Å². The zero-order valence-electron chi connectivity index (χ0n) is 19.9. The second-order valence-electron chi connectivity index (χ2n) is 10.7. The molecule has 1 saturated carbocycles. The Balaban J connectivity index is 1.54. The lowest BCUT2D eigenvalue weighted by Crippen LogP contribution is -2.74. The minimum absolute atomic E-state index is 0.154. The molecule has 0 aromatic heterocycles. The molecule has 0 aromatic rings. The molecule has 3 saturated heterocycles. The van der Waals surface area contributed by atoms with Crippen molar-refractivity contribution in [2.24, 2.45) is 22.7 Å². The lowest BCUT2D eigenvalue weighted by molar-refractivity contribution is -0.285. The monoisotopic (exact) mass is 482 g/mol. The normalized spacial score (nSPS) is 53.8. The van der Waals surface area contributed by atoms with Gasteiger partial charge in [-0.2, -0.15) is 0 Å². The van der Waals surface area contributed by atoms with E-state index < -0.39 is 76.7 Å². The molecular formula is C24H34O10. The van der Waals surface area contributed by atoms with Gasteiger partial charge in [-0.15, -0.1) is 0 Å². The average Bonchev–Trinajstić information content (AvgIpc) is 3.01. The molecule has 34 heavy (non-hydrogen) atoms. The lowest BCUT2D eigenvalue weighted by Gasteiger charge is -2.66. The molecule has 0 radical (unpaired) electrons. The Hall–Kier alpha value is -1.56. The predicted molar refractivity (Wildman–Crippen MR) is 114 cm³/mol. The van der Waals surface area contributed by atoms with Crippen LogP contribution < -0.4 is 0 Å². The van der Waals surface area contributed by atoms with Gasteiger partial charge in [0.1, 0.15) is 18.3 Å². The van der Waals surface area contributed by atoms with Crippen molar-refractivity contribution in [3.63, 3.8) is 0 Å². The molecule has 4 aliphatic heterocycles. The topological polar surface area (TPSA) is 141 Å². The van der Waals surface area contributed by atoms with Crippen molar-refractivity contribution in [3.05, 3.63) is 12.2 Å². The Labute approximate surface area is 198 Å². The summed E-state index contributed by atoms with van der Waals surface area (Å²) in [6.07, 6.45) is -1.53. The van der Waals surface area contributed by atoms with Gasteiger partial charge in [-0.3, -0.25) is 4.79 Å². The SMILES string of the molecule is CCO[C@H]1O[C@H](OCC)[C@@](O)([C@@H]2C[C@]3(C)[C@@H](CC[C@]4(C)[C@H]3[C@H]3C=C[C@]4(O)C(=O)O3)C(=O)O2)[C@H]1O. The van der Waals surface area contributed by atoms with Crippen LogP contribution >= 0.6 is 0 Å². The van der Waals surface area contributed by atoms with Crippen molar-refractivity contribution >= 4 is 11.9 Å². The summed E-state index contributed by atoms with van der Waals surface area (Å²) in [7, 11) is 0. The largest absolute Gasteiger partial charge is 0.459 e. The van der Waals surface area contributed by atoms with Gasteiger partial charge in [0.25, 0.3) is 0 Å². The van der Waals surface area contributed by atoms with E-state index in [1.54, 1.807) is 19.9 Å². The highest BCUT2D eigenvalue weighted by Gasteiger charge is 2.74. The van der Waals surface area contributed by atoms with Crippen molar-refractivity contribution in [1.82, 2.24) is 0 Å². The standard InChI is InChI=1S/C24H34O10/c1-5-30-18-16(25)24(29,20(34-18)31-6-2)14-11-21(3)12(17(26)33-14)7-9-22(4)15(21)13-8-10-23(22,28)19(27)32-13/h8,10,12-16,18,20,25,28-29H,5-7,9,11H2,1-4H3/t12-,13+,14-,15-,16-,18-,20-,21+,22+,23-,24+/m0/s1. The fraction of sp³-hybridized carbons (Fsp3) is 0.833. The van der Waals surface area contributed by atoms with E-state index in [-0.39, 0.29) is 19.6 Å². The molecule has 11 atom stereocenters. The van der Waals surface area contributed by atoms with Gasteiger partial charge in [-0.25, -0.2) is 4.79 Å². The highest BCUT2D eigenvalue weighted by molar-refractivity contribution is 5.86. The van der Waals surface area contributed by atoms with E-state index in [2.05, 4.69) is 0 Å². The Morgan fingerprint density at radius 3 is 2.47 bits per heavy atom. The fourth-order valence-electron chi connectivity index (χ4n) is 7.40. The fourth-order valence-corrected chi connectivity index (χ4v) is 7.40. The van der Waals surface area contributed by atoms with Crippen molar-refractivity contribution in [3.8, 4) is 0 Å². The smallest absolute Gasteiger partial charge is 0.343 e. The molecule has 10 nitrogen and oxygen atoms in total. The summed E-state index contributed by atoms with van der Waals surface area (Å²) in [5, 5.41) is 34.2. The number of hydrogen-bond acceptors (Lipinski definition) is 10. The number of aliphatic hydroxyl groups excluding tert-OH is 1. The van der Waals surface area contributed by atoms with Crippen LogP contribution in [0.5, 0.6) is 0 Å². The van der Waals surface area contributed by atoms with Crippen LogP contribution in [0.15, 0.2) is 12.2 Å². The quantitative estimate of drug-likeness (QED) is 0.373. The van der Waals surface area contributed by atoms with Gasteiger partial charge >= 0.3 is 11.9 Å². The van der Waals surface area contributed by atoms with Crippen molar-refractivity contribution < 1.29 is 48.6 Å². The maximum atomic E-state index is 13.3. The Morgan fingerprint density at radius 2 is 1.82 bits per heavy atom. The molecular weight excluding hydrogens is 448 g/mol. The molecule has 2 bridgehead atoms. The van der Waals surface area contributed by atoms with Crippen LogP contribution in [0.4, 0.5) is 0 Å². The molecule has 0 amide bonds. The number of cyclic esters (lactones) is 1. The van der Waals surface area contributed by atoms with Crippen LogP contribution in [0, 0.1) is 22.7 Å². The summed E-state index contributed by atoms with van der Waals surface area (Å²) in [5.41, 5.74) is -5.55. The van der Waals surface area contributed by atoms with Gasteiger partial charge in [0.15, 0.2) is 23.8 Å². The summed E-state index contributed by atoms with van der Waals surface area (Å²) in [4.78, 5) is 25.9. The number of fused-ring (bicyclic) bond motifs is 2. The molecule has 10 heteroatoms. The second-order valence-corrected chi connectivity index (χ2v) is 10.7. The Bertz CT molecular complexity index is 906. The first-order chi connectivity index (χ1) is 16.0. The summed E-state index contributed by atoms with van der Waals surface area (Å²) >= 11 is 0. The summed E-state index contributed by atoms with van der Waals surface area (Å²) < 4.78 is 28.1. The third-order valence-corrected chi connectivity index (χ3v) is 9.13.